The number of carbonyl (C=O) groups excluding carboxylic acids is 1. The largest absolute Gasteiger partial charge is 0.493 e. The fraction of sp³-hybridized carbons (Fsp3) is 0.579. The average molecular weight is 344 g/mol. The zero-order valence-electron chi connectivity index (χ0n) is 14.7. The monoisotopic (exact) mass is 344 g/mol. The molecule has 1 aromatic carbocycles. The summed E-state index contributed by atoms with van der Waals surface area (Å²) in [4.78, 5) is 19.0. The minimum absolute atomic E-state index is 0.0415. The van der Waals surface area contributed by atoms with E-state index in [1.165, 1.54) is 12.8 Å². The Morgan fingerprint density at radius 2 is 2.04 bits per heavy atom. The molecule has 2 heterocycles. The summed E-state index contributed by atoms with van der Waals surface area (Å²) in [5.74, 6) is 1.71. The number of carbonyl (C=O) groups is 1. The van der Waals surface area contributed by atoms with Crippen LogP contribution in [0.1, 0.15) is 38.2 Å². The number of fused-ring (bicyclic) bond motifs is 1. The number of nitrogens with zero attached hydrogens (tertiary/aromatic N) is 2. The minimum Gasteiger partial charge on any atom is -0.493 e. The first kappa shape index (κ1) is 16.2. The summed E-state index contributed by atoms with van der Waals surface area (Å²) in [6.45, 7) is 2.86. The van der Waals surface area contributed by atoms with Gasteiger partial charge in [0.05, 0.1) is 31.4 Å². The zero-order chi connectivity index (χ0) is 17.4. The van der Waals surface area contributed by atoms with Crippen LogP contribution in [0.15, 0.2) is 23.4 Å². The number of hydrogen-bond acceptors (Lipinski definition) is 5. The Morgan fingerprint density at radius 1 is 1.24 bits per heavy atom. The van der Waals surface area contributed by atoms with Crippen LogP contribution in [0.4, 0.5) is 0 Å². The van der Waals surface area contributed by atoms with E-state index in [1.807, 2.05) is 23.1 Å². The lowest BCUT2D eigenvalue weighted by molar-refractivity contribution is -0.128. The van der Waals surface area contributed by atoms with E-state index in [2.05, 4.69) is 5.16 Å². The molecular formula is C19H24N2O4. The van der Waals surface area contributed by atoms with Crippen molar-refractivity contribution < 1.29 is 19.1 Å². The van der Waals surface area contributed by atoms with E-state index in [9.17, 15) is 4.79 Å². The molecule has 0 radical (unpaired) electrons. The highest BCUT2D eigenvalue weighted by Gasteiger charge is 2.43. The highest BCUT2D eigenvalue weighted by Crippen LogP contribution is 2.36. The van der Waals surface area contributed by atoms with Gasteiger partial charge in [-0.3, -0.25) is 4.79 Å². The summed E-state index contributed by atoms with van der Waals surface area (Å²) in [7, 11) is 1.66. The molecule has 1 saturated carbocycles. The molecule has 4 rings (SSSR count). The first-order valence-corrected chi connectivity index (χ1v) is 9.00. The van der Waals surface area contributed by atoms with Gasteiger partial charge in [0.15, 0.2) is 17.6 Å². The molecule has 2 atom stereocenters. The number of hydrogen-bond donors (Lipinski definition) is 0. The van der Waals surface area contributed by atoms with Crippen LogP contribution in [0, 0.1) is 5.92 Å². The highest BCUT2D eigenvalue weighted by molar-refractivity contribution is 6.04. The van der Waals surface area contributed by atoms with Gasteiger partial charge in [-0.25, -0.2) is 0 Å². The van der Waals surface area contributed by atoms with Crippen LogP contribution in [-0.4, -0.2) is 48.9 Å². The molecule has 1 saturated heterocycles. The van der Waals surface area contributed by atoms with Crippen LogP contribution < -0.4 is 9.47 Å². The molecule has 25 heavy (non-hydrogen) atoms. The SMILES string of the molecule is COc1ccc(C2=NOC3CN(C(C)=O)CC23)cc1OC1CCCC1. The third-order valence-corrected chi connectivity index (χ3v) is 5.40. The molecule has 6 nitrogen and oxygen atoms in total. The predicted octanol–water partition coefficient (Wildman–Crippen LogP) is 2.60. The van der Waals surface area contributed by atoms with Gasteiger partial charge >= 0.3 is 0 Å². The number of benzene rings is 1. The quantitative estimate of drug-likeness (QED) is 0.842. The Bertz CT molecular complexity index is 697. The lowest BCUT2D eigenvalue weighted by Gasteiger charge is -2.18. The summed E-state index contributed by atoms with van der Waals surface area (Å²) in [5.41, 5.74) is 1.87. The minimum atomic E-state index is -0.0415. The second-order valence-electron chi connectivity index (χ2n) is 7.04. The first-order valence-electron chi connectivity index (χ1n) is 9.00. The maximum atomic E-state index is 11.6. The van der Waals surface area contributed by atoms with E-state index >= 15 is 0 Å². The molecule has 0 spiro atoms. The average Bonchev–Trinajstić information content (AvgIpc) is 3.31. The van der Waals surface area contributed by atoms with Gasteiger partial charge in [0, 0.05) is 19.0 Å². The van der Waals surface area contributed by atoms with Crippen LogP contribution in [-0.2, 0) is 9.63 Å². The van der Waals surface area contributed by atoms with Gasteiger partial charge in [0.25, 0.3) is 0 Å². The second kappa shape index (κ2) is 6.58. The molecular weight excluding hydrogens is 320 g/mol. The van der Waals surface area contributed by atoms with E-state index in [-0.39, 0.29) is 24.0 Å². The number of oxime groups is 1. The van der Waals surface area contributed by atoms with Gasteiger partial charge in [-0.2, -0.15) is 0 Å². The molecule has 3 aliphatic rings. The molecule has 1 aromatic rings. The summed E-state index contributed by atoms with van der Waals surface area (Å²) in [6, 6.07) is 5.91. The number of likely N-dealkylation sites (tertiary alicyclic amines) is 1. The maximum absolute atomic E-state index is 11.6. The van der Waals surface area contributed by atoms with E-state index in [1.54, 1.807) is 14.0 Å². The van der Waals surface area contributed by atoms with E-state index in [0.29, 0.717) is 13.1 Å². The van der Waals surface area contributed by atoms with Crippen LogP contribution in [0.3, 0.4) is 0 Å². The lowest BCUT2D eigenvalue weighted by atomic mass is 9.94. The molecule has 2 fully saturated rings. The van der Waals surface area contributed by atoms with Crippen molar-refractivity contribution in [2.45, 2.75) is 44.8 Å². The van der Waals surface area contributed by atoms with Gasteiger partial charge in [-0.1, -0.05) is 5.16 Å². The molecule has 0 aromatic heterocycles. The third-order valence-electron chi connectivity index (χ3n) is 5.40. The van der Waals surface area contributed by atoms with E-state index in [4.69, 9.17) is 14.3 Å². The van der Waals surface area contributed by atoms with Gasteiger partial charge in [0.1, 0.15) is 0 Å². The van der Waals surface area contributed by atoms with Crippen LogP contribution in [0.2, 0.25) is 0 Å². The number of amides is 1. The van der Waals surface area contributed by atoms with Crippen molar-refractivity contribution in [3.8, 4) is 11.5 Å². The standard InChI is InChI=1S/C19H24N2O4/c1-12(22)21-10-15-18(11-21)25-20-19(15)13-7-8-16(23-2)17(9-13)24-14-5-3-4-6-14/h7-9,14-15,18H,3-6,10-11H2,1-2H3. The topological polar surface area (TPSA) is 60.4 Å². The van der Waals surface area contributed by atoms with Gasteiger partial charge < -0.3 is 19.2 Å². The normalized spacial score (nSPS) is 25.5. The van der Waals surface area contributed by atoms with Crippen molar-refractivity contribution in [3.05, 3.63) is 23.8 Å². The second-order valence-corrected chi connectivity index (χ2v) is 7.04. The highest BCUT2D eigenvalue weighted by atomic mass is 16.6. The molecule has 1 aliphatic carbocycles. The molecule has 0 N–H and O–H groups in total. The Labute approximate surface area is 147 Å². The number of methoxy groups -OCH3 is 1. The van der Waals surface area contributed by atoms with Crippen LogP contribution >= 0.6 is 0 Å². The van der Waals surface area contributed by atoms with Gasteiger partial charge in [-0.05, 0) is 43.9 Å². The molecule has 6 heteroatoms. The van der Waals surface area contributed by atoms with Crippen LogP contribution in [0.5, 0.6) is 11.5 Å². The smallest absolute Gasteiger partial charge is 0.219 e. The molecule has 134 valence electrons. The summed E-state index contributed by atoms with van der Waals surface area (Å²) < 4.78 is 11.6. The van der Waals surface area contributed by atoms with Crippen molar-refractivity contribution in [2.24, 2.45) is 11.1 Å². The molecule has 0 bridgehead atoms. The van der Waals surface area contributed by atoms with Crippen molar-refractivity contribution in [3.63, 3.8) is 0 Å². The Morgan fingerprint density at radius 3 is 2.76 bits per heavy atom. The summed E-state index contributed by atoms with van der Waals surface area (Å²) >= 11 is 0. The summed E-state index contributed by atoms with van der Waals surface area (Å²) in [6.07, 6.45) is 4.85. The zero-order valence-corrected chi connectivity index (χ0v) is 14.7. The molecule has 2 unspecified atom stereocenters. The predicted molar refractivity (Wildman–Crippen MR) is 93.0 cm³/mol. The summed E-state index contributed by atoms with van der Waals surface area (Å²) in [5, 5.41) is 4.29. The maximum Gasteiger partial charge on any atom is 0.219 e. The van der Waals surface area contributed by atoms with Gasteiger partial charge in [0.2, 0.25) is 5.91 Å². The van der Waals surface area contributed by atoms with E-state index < -0.39 is 0 Å². The van der Waals surface area contributed by atoms with Gasteiger partial charge in [-0.15, -0.1) is 0 Å². The van der Waals surface area contributed by atoms with Crippen molar-refractivity contribution >= 4 is 11.6 Å². The molecule has 2 aliphatic heterocycles. The Kier molecular flexibility index (Phi) is 4.27. The number of rotatable bonds is 4. The number of ether oxygens (including phenoxy) is 2. The Hall–Kier alpha value is -2.24. The van der Waals surface area contributed by atoms with Crippen molar-refractivity contribution in [1.82, 2.24) is 4.90 Å². The fourth-order valence-corrected chi connectivity index (χ4v) is 3.97. The lowest BCUT2D eigenvalue weighted by Crippen LogP contribution is -2.28. The first-order chi connectivity index (χ1) is 12.2. The van der Waals surface area contributed by atoms with Crippen molar-refractivity contribution in [1.29, 1.82) is 0 Å². The third kappa shape index (κ3) is 3.05. The van der Waals surface area contributed by atoms with Crippen LogP contribution in [0.25, 0.3) is 0 Å². The van der Waals surface area contributed by atoms with E-state index in [0.717, 1.165) is 35.6 Å². The van der Waals surface area contributed by atoms with Crippen molar-refractivity contribution in [2.75, 3.05) is 20.2 Å². The fourth-order valence-electron chi connectivity index (χ4n) is 3.97. The molecule has 1 amide bonds. The Balaban J connectivity index is 1.57.